The highest BCUT2D eigenvalue weighted by Crippen LogP contribution is 2.23. The topological polar surface area (TPSA) is 80.3 Å². The maximum Gasteiger partial charge on any atom is 0.339 e. The largest absolute Gasteiger partial charge is 0.465 e. The molecule has 1 amide bonds. The van der Waals surface area contributed by atoms with Crippen LogP contribution in [0.5, 0.6) is 0 Å². The highest BCUT2D eigenvalue weighted by Gasteiger charge is 2.14. The van der Waals surface area contributed by atoms with Crippen molar-refractivity contribution in [2.75, 3.05) is 17.7 Å². The van der Waals surface area contributed by atoms with Gasteiger partial charge in [0.25, 0.3) is 5.91 Å². The third-order valence-electron chi connectivity index (χ3n) is 4.05. The van der Waals surface area contributed by atoms with Gasteiger partial charge in [-0.15, -0.1) is 0 Å². The van der Waals surface area contributed by atoms with E-state index >= 15 is 0 Å². The fourth-order valence-corrected chi connectivity index (χ4v) is 2.71. The zero-order valence-electron chi connectivity index (χ0n) is 15.3. The van der Waals surface area contributed by atoms with Gasteiger partial charge in [0, 0.05) is 22.5 Å². The lowest BCUT2D eigenvalue weighted by Crippen LogP contribution is -2.15. The first kappa shape index (κ1) is 19.4. The molecule has 3 aromatic rings. The summed E-state index contributed by atoms with van der Waals surface area (Å²) in [6, 6.07) is 15.4. The number of nitrogens with one attached hydrogen (secondary N) is 2. The van der Waals surface area contributed by atoms with E-state index in [0.717, 1.165) is 11.3 Å². The summed E-state index contributed by atoms with van der Waals surface area (Å²) in [5.41, 5.74) is 2.76. The third kappa shape index (κ3) is 4.47. The van der Waals surface area contributed by atoms with E-state index in [9.17, 15) is 9.59 Å². The van der Waals surface area contributed by atoms with Gasteiger partial charge >= 0.3 is 5.97 Å². The maximum atomic E-state index is 12.6. The van der Waals surface area contributed by atoms with Crippen LogP contribution in [0.4, 0.5) is 17.2 Å². The molecule has 0 aliphatic carbocycles. The molecule has 1 heterocycles. The molecule has 3 rings (SSSR count). The van der Waals surface area contributed by atoms with Crippen LogP contribution in [0.1, 0.15) is 26.3 Å². The van der Waals surface area contributed by atoms with E-state index in [1.165, 1.54) is 13.3 Å². The second kappa shape index (κ2) is 8.54. The molecule has 0 saturated carbocycles. The summed E-state index contributed by atoms with van der Waals surface area (Å²) in [6.07, 6.45) is 1.53. The van der Waals surface area contributed by atoms with E-state index in [1.54, 1.807) is 42.5 Å². The quantitative estimate of drug-likeness (QED) is 0.605. The van der Waals surface area contributed by atoms with Gasteiger partial charge in [-0.1, -0.05) is 29.8 Å². The summed E-state index contributed by atoms with van der Waals surface area (Å²) in [4.78, 5) is 28.7. The summed E-state index contributed by atoms with van der Waals surface area (Å²) in [5.74, 6) is -0.401. The van der Waals surface area contributed by atoms with Crippen LogP contribution >= 0.6 is 11.6 Å². The number of aryl methyl sites for hydroxylation is 1. The van der Waals surface area contributed by atoms with Gasteiger partial charge in [0.1, 0.15) is 5.82 Å². The fourth-order valence-electron chi connectivity index (χ4n) is 2.53. The van der Waals surface area contributed by atoms with Crippen LogP contribution in [0.25, 0.3) is 0 Å². The zero-order valence-corrected chi connectivity index (χ0v) is 16.1. The number of carbonyl (C=O) groups is 2. The van der Waals surface area contributed by atoms with Gasteiger partial charge in [-0.05, 0) is 48.9 Å². The number of methoxy groups -OCH3 is 1. The molecular weight excluding hydrogens is 378 g/mol. The Bertz CT molecular complexity index is 1040. The predicted molar refractivity (Wildman–Crippen MR) is 109 cm³/mol. The molecule has 0 fully saturated rings. The number of hydrogen-bond acceptors (Lipinski definition) is 5. The summed E-state index contributed by atoms with van der Waals surface area (Å²) < 4.78 is 4.75. The lowest BCUT2D eigenvalue weighted by atomic mass is 10.1. The number of aromatic nitrogens is 1. The Balaban J connectivity index is 1.79. The number of esters is 1. The molecule has 142 valence electrons. The number of amides is 1. The van der Waals surface area contributed by atoms with Crippen molar-refractivity contribution in [2.45, 2.75) is 6.92 Å². The van der Waals surface area contributed by atoms with Crippen LogP contribution in [0.15, 0.2) is 60.8 Å². The van der Waals surface area contributed by atoms with Gasteiger partial charge in [-0.3, -0.25) is 4.79 Å². The highest BCUT2D eigenvalue weighted by molar-refractivity contribution is 6.31. The van der Waals surface area contributed by atoms with Crippen LogP contribution in [0.3, 0.4) is 0 Å². The first-order valence-electron chi connectivity index (χ1n) is 8.46. The van der Waals surface area contributed by atoms with Crippen molar-refractivity contribution in [3.63, 3.8) is 0 Å². The summed E-state index contributed by atoms with van der Waals surface area (Å²) in [7, 11) is 1.29. The lowest BCUT2D eigenvalue weighted by Gasteiger charge is -2.11. The number of ether oxygens (including phenoxy) is 1. The molecular formula is C21H18ClN3O3. The van der Waals surface area contributed by atoms with Crippen molar-refractivity contribution in [3.8, 4) is 0 Å². The van der Waals surface area contributed by atoms with Gasteiger partial charge in [-0.25, -0.2) is 9.78 Å². The average Bonchev–Trinajstić information content (AvgIpc) is 2.71. The molecule has 0 aliphatic heterocycles. The Morgan fingerprint density at radius 2 is 1.86 bits per heavy atom. The second-order valence-electron chi connectivity index (χ2n) is 6.01. The van der Waals surface area contributed by atoms with Gasteiger partial charge in [-0.2, -0.15) is 0 Å². The van der Waals surface area contributed by atoms with Gasteiger partial charge < -0.3 is 15.4 Å². The van der Waals surface area contributed by atoms with E-state index in [0.29, 0.717) is 22.1 Å². The Kier molecular flexibility index (Phi) is 5.91. The van der Waals surface area contributed by atoms with Crippen molar-refractivity contribution in [1.82, 2.24) is 4.98 Å². The Hall–Kier alpha value is -3.38. The molecule has 0 unspecified atom stereocenters. The third-order valence-corrected chi connectivity index (χ3v) is 4.45. The molecule has 0 atom stereocenters. The molecule has 0 spiro atoms. The monoisotopic (exact) mass is 395 g/mol. The number of pyridine rings is 1. The van der Waals surface area contributed by atoms with Crippen molar-refractivity contribution in [1.29, 1.82) is 0 Å². The SMILES string of the molecule is COC(=O)c1ccccc1NC(=O)c1ccnc(Nc2ccc(C)c(Cl)c2)c1. The molecule has 7 heteroatoms. The summed E-state index contributed by atoms with van der Waals surface area (Å²) in [5, 5.41) is 6.49. The maximum absolute atomic E-state index is 12.6. The fraction of sp³-hybridized carbons (Fsp3) is 0.0952. The minimum Gasteiger partial charge on any atom is -0.465 e. The Morgan fingerprint density at radius 3 is 2.61 bits per heavy atom. The van der Waals surface area contributed by atoms with Gasteiger partial charge in [0.2, 0.25) is 0 Å². The molecule has 0 aliphatic rings. The normalized spacial score (nSPS) is 10.2. The van der Waals surface area contributed by atoms with Gasteiger partial charge in [0.05, 0.1) is 18.4 Å². The Morgan fingerprint density at radius 1 is 1.07 bits per heavy atom. The number of hydrogen-bond donors (Lipinski definition) is 2. The molecule has 28 heavy (non-hydrogen) atoms. The Labute approximate surface area is 167 Å². The van der Waals surface area contributed by atoms with Gasteiger partial charge in [0.15, 0.2) is 0 Å². The molecule has 0 radical (unpaired) electrons. The number of carbonyl (C=O) groups excluding carboxylic acids is 2. The number of nitrogens with zero attached hydrogens (tertiary/aromatic N) is 1. The van der Waals surface area contributed by atoms with Crippen molar-refractivity contribution in [3.05, 3.63) is 82.5 Å². The number of rotatable bonds is 5. The molecule has 0 saturated heterocycles. The van der Waals surface area contributed by atoms with E-state index in [2.05, 4.69) is 15.6 Å². The van der Waals surface area contributed by atoms with Crippen LogP contribution in [-0.4, -0.2) is 24.0 Å². The first-order valence-corrected chi connectivity index (χ1v) is 8.83. The molecule has 0 bridgehead atoms. The standard InChI is InChI=1S/C21H18ClN3O3/c1-13-7-8-15(12-17(13)22)24-19-11-14(9-10-23-19)20(26)25-18-6-4-3-5-16(18)21(27)28-2/h3-12H,1-2H3,(H,23,24)(H,25,26). The zero-order chi connectivity index (χ0) is 20.1. The van der Waals surface area contributed by atoms with Crippen LogP contribution in [-0.2, 0) is 4.74 Å². The van der Waals surface area contributed by atoms with E-state index in [-0.39, 0.29) is 11.5 Å². The second-order valence-corrected chi connectivity index (χ2v) is 6.42. The minimum atomic E-state index is -0.524. The minimum absolute atomic E-state index is 0.278. The molecule has 2 aromatic carbocycles. The van der Waals surface area contributed by atoms with Crippen molar-refractivity contribution < 1.29 is 14.3 Å². The van der Waals surface area contributed by atoms with Crippen molar-refractivity contribution in [2.24, 2.45) is 0 Å². The number of para-hydroxylation sites is 1. The molecule has 2 N–H and O–H groups in total. The smallest absolute Gasteiger partial charge is 0.339 e. The first-order chi connectivity index (χ1) is 13.5. The highest BCUT2D eigenvalue weighted by atomic mass is 35.5. The van der Waals surface area contributed by atoms with E-state index in [1.807, 2.05) is 19.1 Å². The lowest BCUT2D eigenvalue weighted by molar-refractivity contribution is 0.0602. The molecule has 6 nitrogen and oxygen atoms in total. The number of benzene rings is 2. The number of halogens is 1. The average molecular weight is 396 g/mol. The van der Waals surface area contributed by atoms with E-state index < -0.39 is 5.97 Å². The van der Waals surface area contributed by atoms with E-state index in [4.69, 9.17) is 16.3 Å². The van der Waals surface area contributed by atoms with Crippen LogP contribution < -0.4 is 10.6 Å². The van der Waals surface area contributed by atoms with Crippen LogP contribution in [0.2, 0.25) is 5.02 Å². The summed E-state index contributed by atoms with van der Waals surface area (Å²) in [6.45, 7) is 1.92. The van der Waals surface area contributed by atoms with Crippen LogP contribution in [0, 0.1) is 6.92 Å². The predicted octanol–water partition coefficient (Wildman–Crippen LogP) is 4.83. The number of anilines is 3. The molecule has 1 aromatic heterocycles. The summed E-state index contributed by atoms with van der Waals surface area (Å²) >= 11 is 6.14. The van der Waals surface area contributed by atoms with Crippen molar-refractivity contribution >= 4 is 40.7 Å².